The maximum atomic E-state index is 12.7. The number of carbonyl (C=O) groups is 3. The predicted octanol–water partition coefficient (Wildman–Crippen LogP) is 3.22. The third-order valence-corrected chi connectivity index (χ3v) is 4.54. The summed E-state index contributed by atoms with van der Waals surface area (Å²) in [6, 6.07) is 13.2. The van der Waals surface area contributed by atoms with Gasteiger partial charge in [0.2, 0.25) is 0 Å². The van der Waals surface area contributed by atoms with Gasteiger partial charge in [-0.05, 0) is 49.1 Å². The molecule has 0 spiro atoms. The fourth-order valence-corrected chi connectivity index (χ4v) is 2.95. The second kappa shape index (κ2) is 8.56. The molecule has 1 unspecified atom stereocenters. The van der Waals surface area contributed by atoms with Crippen LogP contribution in [0.5, 0.6) is 0 Å². The van der Waals surface area contributed by atoms with Crippen molar-refractivity contribution < 1.29 is 19.5 Å². The van der Waals surface area contributed by atoms with E-state index in [-0.39, 0.29) is 18.5 Å². The highest BCUT2D eigenvalue weighted by molar-refractivity contribution is 5.97. The van der Waals surface area contributed by atoms with Gasteiger partial charge in [-0.15, -0.1) is 0 Å². The minimum Gasteiger partial charge on any atom is -0.481 e. The molecule has 7 nitrogen and oxygen atoms in total. The van der Waals surface area contributed by atoms with Crippen LogP contribution < -0.4 is 16.0 Å². The second-order valence-corrected chi connectivity index (χ2v) is 6.93. The second-order valence-electron chi connectivity index (χ2n) is 6.93. The number of benzene rings is 2. The summed E-state index contributed by atoms with van der Waals surface area (Å²) in [5.74, 6) is -1.40. The highest BCUT2D eigenvalue weighted by Crippen LogP contribution is 2.22. The number of aryl methyl sites for hydroxylation is 1. The van der Waals surface area contributed by atoms with Gasteiger partial charge in [-0.2, -0.15) is 0 Å². The molecule has 2 aromatic rings. The van der Waals surface area contributed by atoms with Gasteiger partial charge in [0.15, 0.2) is 0 Å². The summed E-state index contributed by atoms with van der Waals surface area (Å²) in [7, 11) is 0. The summed E-state index contributed by atoms with van der Waals surface area (Å²) in [5, 5.41) is 17.6. The van der Waals surface area contributed by atoms with Gasteiger partial charge in [-0.3, -0.25) is 9.59 Å². The molecule has 1 atom stereocenters. The Morgan fingerprint density at radius 2 is 1.86 bits per heavy atom. The van der Waals surface area contributed by atoms with Crippen LogP contribution in [0.15, 0.2) is 48.5 Å². The average molecular weight is 381 g/mol. The number of hydrogen-bond donors (Lipinski definition) is 4. The first-order valence-electron chi connectivity index (χ1n) is 9.18. The molecule has 0 aliphatic heterocycles. The number of amides is 3. The molecule has 0 heterocycles. The predicted molar refractivity (Wildman–Crippen MR) is 105 cm³/mol. The molecule has 1 aliphatic carbocycles. The average Bonchev–Trinajstić information content (AvgIpc) is 3.45. The number of aliphatic carboxylic acids is 1. The Morgan fingerprint density at radius 3 is 2.54 bits per heavy atom. The molecule has 1 saturated carbocycles. The van der Waals surface area contributed by atoms with Gasteiger partial charge in [0.1, 0.15) is 0 Å². The zero-order valence-corrected chi connectivity index (χ0v) is 15.6. The van der Waals surface area contributed by atoms with Crippen LogP contribution in [0.25, 0.3) is 0 Å². The van der Waals surface area contributed by atoms with Crippen molar-refractivity contribution in [3.63, 3.8) is 0 Å². The van der Waals surface area contributed by atoms with Crippen molar-refractivity contribution in [3.05, 3.63) is 65.2 Å². The number of carboxylic acid groups (broad SMARTS) is 1. The third-order valence-electron chi connectivity index (χ3n) is 4.54. The van der Waals surface area contributed by atoms with Crippen LogP contribution >= 0.6 is 0 Å². The Balaban J connectivity index is 1.72. The van der Waals surface area contributed by atoms with Crippen LogP contribution in [0.1, 0.15) is 46.8 Å². The van der Waals surface area contributed by atoms with Gasteiger partial charge in [-0.25, -0.2) is 4.79 Å². The first kappa shape index (κ1) is 19.4. The lowest BCUT2D eigenvalue weighted by molar-refractivity contribution is -0.137. The lowest BCUT2D eigenvalue weighted by atomic mass is 9.98. The molecule has 0 radical (unpaired) electrons. The van der Waals surface area contributed by atoms with Crippen molar-refractivity contribution >= 4 is 23.6 Å². The Bertz CT molecular complexity index is 893. The normalized spacial score (nSPS) is 14.0. The third kappa shape index (κ3) is 5.33. The minimum atomic E-state index is -0.999. The van der Waals surface area contributed by atoms with E-state index in [1.54, 1.807) is 24.3 Å². The highest BCUT2D eigenvalue weighted by Gasteiger charge is 2.23. The first-order valence-corrected chi connectivity index (χ1v) is 9.18. The number of urea groups is 1. The molecule has 3 amide bonds. The van der Waals surface area contributed by atoms with E-state index in [0.717, 1.165) is 24.0 Å². The molecule has 146 valence electrons. The fraction of sp³-hybridized carbons (Fsp3) is 0.286. The van der Waals surface area contributed by atoms with E-state index in [2.05, 4.69) is 16.0 Å². The standard InChI is InChI=1S/C21H23N3O4/c1-13-5-2-3-8-17(13)18(12-19(25)26)24-20(27)14-6-4-7-16(11-14)23-21(28)22-15-9-10-15/h2-8,11,15,18H,9-10,12H2,1H3,(H,24,27)(H,25,26)(H2,22,23,28). The number of carbonyl (C=O) groups excluding carboxylic acids is 2. The molecule has 1 aliphatic rings. The number of rotatable bonds is 7. The van der Waals surface area contributed by atoms with Crippen LogP contribution in [0.2, 0.25) is 0 Å². The number of anilines is 1. The van der Waals surface area contributed by atoms with Crippen molar-refractivity contribution in [2.45, 2.75) is 38.3 Å². The van der Waals surface area contributed by atoms with E-state index < -0.39 is 17.9 Å². The fourth-order valence-electron chi connectivity index (χ4n) is 2.95. The molecule has 0 bridgehead atoms. The summed E-state index contributed by atoms with van der Waals surface area (Å²) in [5.41, 5.74) is 2.50. The van der Waals surface area contributed by atoms with Crippen molar-refractivity contribution in [1.29, 1.82) is 0 Å². The maximum absolute atomic E-state index is 12.7. The van der Waals surface area contributed by atoms with Crippen LogP contribution in [-0.2, 0) is 4.79 Å². The monoisotopic (exact) mass is 381 g/mol. The molecule has 4 N–H and O–H groups in total. The van der Waals surface area contributed by atoms with Crippen LogP contribution in [0, 0.1) is 6.92 Å². The largest absolute Gasteiger partial charge is 0.481 e. The van der Waals surface area contributed by atoms with E-state index >= 15 is 0 Å². The van der Waals surface area contributed by atoms with Crippen LogP contribution in [0.4, 0.5) is 10.5 Å². The molecule has 1 fully saturated rings. The SMILES string of the molecule is Cc1ccccc1C(CC(=O)O)NC(=O)c1cccc(NC(=O)NC2CC2)c1. The van der Waals surface area contributed by atoms with Crippen LogP contribution in [-0.4, -0.2) is 29.1 Å². The molecule has 7 heteroatoms. The van der Waals surface area contributed by atoms with Crippen molar-refractivity contribution in [3.8, 4) is 0 Å². The quantitative estimate of drug-likeness (QED) is 0.590. The van der Waals surface area contributed by atoms with E-state index in [9.17, 15) is 19.5 Å². The highest BCUT2D eigenvalue weighted by atomic mass is 16.4. The first-order chi connectivity index (χ1) is 13.4. The number of nitrogens with one attached hydrogen (secondary N) is 3. The van der Waals surface area contributed by atoms with Gasteiger partial charge in [0.05, 0.1) is 12.5 Å². The van der Waals surface area contributed by atoms with Crippen molar-refractivity contribution in [2.24, 2.45) is 0 Å². The molecular weight excluding hydrogens is 358 g/mol. The van der Waals surface area contributed by atoms with E-state index in [1.165, 1.54) is 0 Å². The van der Waals surface area contributed by atoms with Crippen LogP contribution in [0.3, 0.4) is 0 Å². The summed E-state index contributed by atoms with van der Waals surface area (Å²) < 4.78 is 0. The van der Waals surface area contributed by atoms with Gasteiger partial charge in [0.25, 0.3) is 5.91 Å². The zero-order chi connectivity index (χ0) is 20.1. The lowest BCUT2D eigenvalue weighted by Crippen LogP contribution is -2.31. The topological polar surface area (TPSA) is 108 Å². The number of carboxylic acids is 1. The lowest BCUT2D eigenvalue weighted by Gasteiger charge is -2.19. The van der Waals surface area contributed by atoms with E-state index in [1.807, 2.05) is 31.2 Å². The molecular formula is C21H23N3O4. The zero-order valence-electron chi connectivity index (χ0n) is 15.6. The molecule has 3 rings (SSSR count). The van der Waals surface area contributed by atoms with Gasteiger partial charge < -0.3 is 21.1 Å². The van der Waals surface area contributed by atoms with E-state index in [4.69, 9.17) is 0 Å². The minimum absolute atomic E-state index is 0.224. The van der Waals surface area contributed by atoms with Gasteiger partial charge in [0, 0.05) is 17.3 Å². The smallest absolute Gasteiger partial charge is 0.319 e. The Hall–Kier alpha value is -3.35. The molecule has 0 aromatic heterocycles. The summed E-state index contributed by atoms with van der Waals surface area (Å²) >= 11 is 0. The Morgan fingerprint density at radius 1 is 1.11 bits per heavy atom. The maximum Gasteiger partial charge on any atom is 0.319 e. The molecule has 28 heavy (non-hydrogen) atoms. The summed E-state index contributed by atoms with van der Waals surface area (Å²) in [6.07, 6.45) is 1.75. The molecule has 2 aromatic carbocycles. The van der Waals surface area contributed by atoms with E-state index in [0.29, 0.717) is 11.3 Å². The van der Waals surface area contributed by atoms with Crippen molar-refractivity contribution in [1.82, 2.24) is 10.6 Å². The molecule has 0 saturated heterocycles. The Kier molecular flexibility index (Phi) is 5.93. The number of hydrogen-bond acceptors (Lipinski definition) is 3. The van der Waals surface area contributed by atoms with Gasteiger partial charge >= 0.3 is 12.0 Å². The summed E-state index contributed by atoms with van der Waals surface area (Å²) in [4.78, 5) is 35.9. The van der Waals surface area contributed by atoms with Crippen molar-refractivity contribution in [2.75, 3.05) is 5.32 Å². The summed E-state index contributed by atoms with van der Waals surface area (Å²) in [6.45, 7) is 1.87. The Labute approximate surface area is 163 Å². The van der Waals surface area contributed by atoms with Gasteiger partial charge in [-0.1, -0.05) is 30.3 Å².